The normalized spacial score (nSPS) is 14.2. The number of rotatable bonds is 3. The van der Waals surface area contributed by atoms with Crippen LogP contribution in [-0.4, -0.2) is 36.5 Å². The number of amides is 1. The summed E-state index contributed by atoms with van der Waals surface area (Å²) in [4.78, 5) is 21.4. The molecule has 2 aliphatic heterocycles. The van der Waals surface area contributed by atoms with E-state index in [4.69, 9.17) is 19.4 Å². The highest BCUT2D eigenvalue weighted by Gasteiger charge is 2.38. The summed E-state index contributed by atoms with van der Waals surface area (Å²) in [6.45, 7) is 1.81. The van der Waals surface area contributed by atoms with Gasteiger partial charge in [-0.2, -0.15) is 13.2 Å². The minimum atomic E-state index is -5.08. The molecule has 0 fully saturated rings. The molecule has 0 saturated heterocycles. The largest absolute Gasteiger partial charge is 0.490 e. The third-order valence-electron chi connectivity index (χ3n) is 4.60. The number of carboxylic acids is 1. The second-order valence-corrected chi connectivity index (χ2v) is 6.65. The second-order valence-electron chi connectivity index (χ2n) is 6.65. The predicted molar refractivity (Wildman–Crippen MR) is 99.2 cm³/mol. The van der Waals surface area contributed by atoms with Gasteiger partial charge in [-0.25, -0.2) is 9.18 Å². The zero-order valence-corrected chi connectivity index (χ0v) is 16.0. The van der Waals surface area contributed by atoms with Gasteiger partial charge in [0.2, 0.25) is 6.79 Å². The van der Waals surface area contributed by atoms with Crippen LogP contribution in [0.1, 0.15) is 27.0 Å². The Balaban J connectivity index is 0.000000339. The summed E-state index contributed by atoms with van der Waals surface area (Å²) in [5.41, 5.74) is 2.87. The lowest BCUT2D eigenvalue weighted by Gasteiger charge is -2.20. The van der Waals surface area contributed by atoms with Crippen LogP contribution in [0.15, 0.2) is 30.3 Å². The maximum Gasteiger partial charge on any atom is 0.490 e. The average molecular weight is 442 g/mol. The lowest BCUT2D eigenvalue weighted by molar-refractivity contribution is -0.192. The molecule has 11 heteroatoms. The Kier molecular flexibility index (Phi) is 6.64. The fourth-order valence-electron chi connectivity index (χ4n) is 3.11. The van der Waals surface area contributed by atoms with Crippen molar-refractivity contribution in [1.29, 1.82) is 0 Å². The van der Waals surface area contributed by atoms with E-state index in [1.807, 2.05) is 18.2 Å². The number of halogens is 4. The quantitative estimate of drug-likeness (QED) is 0.633. The molecule has 7 nitrogen and oxygen atoms in total. The third-order valence-corrected chi connectivity index (χ3v) is 4.60. The Hall–Kier alpha value is -3.34. The van der Waals surface area contributed by atoms with Gasteiger partial charge < -0.3 is 25.2 Å². The second kappa shape index (κ2) is 9.21. The van der Waals surface area contributed by atoms with Gasteiger partial charge in [0, 0.05) is 24.2 Å². The van der Waals surface area contributed by atoms with Crippen molar-refractivity contribution in [2.45, 2.75) is 25.7 Å². The van der Waals surface area contributed by atoms with E-state index < -0.39 is 12.1 Å². The molecule has 2 aromatic carbocycles. The number of alkyl halides is 3. The lowest BCUT2D eigenvalue weighted by atomic mass is 9.94. The fourth-order valence-corrected chi connectivity index (χ4v) is 3.11. The Morgan fingerprint density at radius 2 is 1.81 bits per heavy atom. The summed E-state index contributed by atoms with van der Waals surface area (Å²) in [5, 5.41) is 13.2. The summed E-state index contributed by atoms with van der Waals surface area (Å²) >= 11 is 0. The highest BCUT2D eigenvalue weighted by molar-refractivity contribution is 5.96. The van der Waals surface area contributed by atoms with Crippen LogP contribution in [0.5, 0.6) is 11.5 Å². The molecular formula is C20H18F4N2O5. The van der Waals surface area contributed by atoms with Crippen LogP contribution in [0.4, 0.5) is 17.6 Å². The molecule has 0 unspecified atom stereocenters. The first-order valence-electron chi connectivity index (χ1n) is 9.14. The standard InChI is InChI=1S/C18H17FN2O3.C2HF3O2/c19-15-3-2-13(12-5-6-20-9-14(12)15)18(22)21-8-11-1-4-16-17(7-11)24-10-23-16;3-2(4,5)1(6)7/h1-4,7,20H,5-6,8-10H2,(H,21,22);(H,6,7). The Bertz CT molecular complexity index is 994. The van der Waals surface area contributed by atoms with Gasteiger partial charge in [-0.1, -0.05) is 6.07 Å². The van der Waals surface area contributed by atoms with Gasteiger partial charge in [0.25, 0.3) is 5.91 Å². The number of hydrogen-bond acceptors (Lipinski definition) is 5. The average Bonchev–Trinajstić information content (AvgIpc) is 3.20. The minimum absolute atomic E-state index is 0.189. The number of aliphatic carboxylic acids is 1. The van der Waals surface area contributed by atoms with Crippen molar-refractivity contribution in [2.24, 2.45) is 0 Å². The maximum atomic E-state index is 13.9. The van der Waals surface area contributed by atoms with Gasteiger partial charge in [0.15, 0.2) is 11.5 Å². The molecule has 2 aliphatic rings. The van der Waals surface area contributed by atoms with Crippen molar-refractivity contribution in [2.75, 3.05) is 13.3 Å². The summed E-state index contributed by atoms with van der Waals surface area (Å²) in [6.07, 6.45) is -4.43. The molecule has 0 aliphatic carbocycles. The van der Waals surface area contributed by atoms with Gasteiger partial charge >= 0.3 is 12.1 Å². The molecule has 2 aromatic rings. The maximum absolute atomic E-state index is 13.9. The molecule has 0 radical (unpaired) electrons. The number of fused-ring (bicyclic) bond motifs is 2. The zero-order valence-electron chi connectivity index (χ0n) is 16.0. The van der Waals surface area contributed by atoms with Crippen LogP contribution in [0.3, 0.4) is 0 Å². The van der Waals surface area contributed by atoms with E-state index in [9.17, 15) is 22.4 Å². The first kappa shape index (κ1) is 22.3. The zero-order chi connectivity index (χ0) is 22.6. The Morgan fingerprint density at radius 1 is 1.10 bits per heavy atom. The molecule has 3 N–H and O–H groups in total. The Labute approximate surface area is 174 Å². The van der Waals surface area contributed by atoms with Crippen molar-refractivity contribution in [3.8, 4) is 11.5 Å². The molecule has 2 heterocycles. The van der Waals surface area contributed by atoms with Crippen molar-refractivity contribution >= 4 is 11.9 Å². The van der Waals surface area contributed by atoms with Gasteiger partial charge in [-0.3, -0.25) is 4.79 Å². The smallest absolute Gasteiger partial charge is 0.475 e. The number of ether oxygens (including phenoxy) is 2. The van der Waals surface area contributed by atoms with Crippen LogP contribution in [0, 0.1) is 5.82 Å². The van der Waals surface area contributed by atoms with Crippen molar-refractivity contribution in [3.63, 3.8) is 0 Å². The van der Waals surface area contributed by atoms with E-state index in [-0.39, 0.29) is 18.5 Å². The van der Waals surface area contributed by atoms with Gasteiger partial charge in [-0.05, 0) is 48.4 Å². The first-order valence-corrected chi connectivity index (χ1v) is 9.14. The molecule has 4 rings (SSSR count). The molecule has 0 aromatic heterocycles. The van der Waals surface area contributed by atoms with Crippen molar-refractivity contribution in [1.82, 2.24) is 10.6 Å². The first-order chi connectivity index (χ1) is 14.7. The number of carbonyl (C=O) groups is 2. The number of carbonyl (C=O) groups excluding carboxylic acids is 1. The minimum Gasteiger partial charge on any atom is -0.475 e. The fraction of sp³-hybridized carbons (Fsp3) is 0.300. The molecule has 0 spiro atoms. The predicted octanol–water partition coefficient (Wildman–Crippen LogP) is 2.76. The van der Waals surface area contributed by atoms with Crippen LogP contribution in [0.2, 0.25) is 0 Å². The molecule has 0 bridgehead atoms. The molecule has 1 amide bonds. The molecule has 0 atom stereocenters. The van der Waals surface area contributed by atoms with E-state index >= 15 is 0 Å². The Morgan fingerprint density at radius 3 is 2.52 bits per heavy atom. The van der Waals surface area contributed by atoms with Crippen LogP contribution in [0.25, 0.3) is 0 Å². The molecule has 0 saturated carbocycles. The number of benzene rings is 2. The van der Waals surface area contributed by atoms with Crippen molar-refractivity contribution in [3.05, 3.63) is 58.4 Å². The van der Waals surface area contributed by atoms with E-state index in [0.29, 0.717) is 42.1 Å². The highest BCUT2D eigenvalue weighted by atomic mass is 19.4. The molecular weight excluding hydrogens is 424 g/mol. The van der Waals surface area contributed by atoms with Gasteiger partial charge in [0.1, 0.15) is 5.82 Å². The monoisotopic (exact) mass is 442 g/mol. The summed E-state index contributed by atoms with van der Waals surface area (Å²) in [7, 11) is 0. The van der Waals surface area contributed by atoms with Gasteiger partial charge in [0.05, 0.1) is 0 Å². The molecule has 166 valence electrons. The third kappa shape index (κ3) is 5.43. The highest BCUT2D eigenvalue weighted by Crippen LogP contribution is 2.32. The number of carboxylic acid groups (broad SMARTS) is 1. The van der Waals surface area contributed by atoms with Crippen LogP contribution >= 0.6 is 0 Å². The van der Waals surface area contributed by atoms with E-state index in [0.717, 1.165) is 17.7 Å². The van der Waals surface area contributed by atoms with E-state index in [2.05, 4.69) is 10.6 Å². The van der Waals surface area contributed by atoms with Crippen LogP contribution in [-0.2, 0) is 24.3 Å². The topological polar surface area (TPSA) is 96.9 Å². The number of hydrogen-bond donors (Lipinski definition) is 3. The van der Waals surface area contributed by atoms with E-state index in [1.165, 1.54) is 6.07 Å². The summed E-state index contributed by atoms with van der Waals surface area (Å²) < 4.78 is 56.2. The summed E-state index contributed by atoms with van der Waals surface area (Å²) in [5.74, 6) is -1.81. The SMILES string of the molecule is O=C(NCc1ccc2c(c1)OCO2)c1ccc(F)c2c1CCNC2.O=C(O)C(F)(F)F. The lowest BCUT2D eigenvalue weighted by Crippen LogP contribution is -2.30. The molecule has 31 heavy (non-hydrogen) atoms. The van der Waals surface area contributed by atoms with Gasteiger partial charge in [-0.15, -0.1) is 0 Å². The van der Waals surface area contributed by atoms with Crippen molar-refractivity contribution < 1.29 is 41.7 Å². The summed E-state index contributed by atoms with van der Waals surface area (Å²) in [6, 6.07) is 8.50. The van der Waals surface area contributed by atoms with Crippen LogP contribution < -0.4 is 20.1 Å². The van der Waals surface area contributed by atoms with E-state index in [1.54, 1.807) is 6.07 Å². The number of nitrogens with one attached hydrogen (secondary N) is 2.